The van der Waals surface area contributed by atoms with Gasteiger partial charge in [-0.2, -0.15) is 0 Å². The first-order valence-electron chi connectivity index (χ1n) is 7.04. The van der Waals surface area contributed by atoms with Gasteiger partial charge in [-0.05, 0) is 38.7 Å². The van der Waals surface area contributed by atoms with Crippen molar-refractivity contribution in [3.63, 3.8) is 0 Å². The number of hydrogen-bond donors (Lipinski definition) is 0. The second kappa shape index (κ2) is 4.89. The van der Waals surface area contributed by atoms with Gasteiger partial charge in [0.05, 0.1) is 0 Å². The quantitative estimate of drug-likeness (QED) is 0.527. The van der Waals surface area contributed by atoms with Gasteiger partial charge in [-0.25, -0.2) is 0 Å². The molecule has 0 spiro atoms. The average molecular weight is 246 g/mol. The summed E-state index contributed by atoms with van der Waals surface area (Å²) in [5.74, 6) is 0. The van der Waals surface area contributed by atoms with Crippen LogP contribution in [0.3, 0.4) is 0 Å². The highest BCUT2D eigenvalue weighted by Gasteiger charge is 2.07. The summed E-state index contributed by atoms with van der Waals surface area (Å²) in [6, 6.07) is 15.5. The Kier molecular flexibility index (Phi) is 3.08. The molecule has 0 unspecified atom stereocenters. The highest BCUT2D eigenvalue weighted by Crippen LogP contribution is 2.28. The second-order valence-corrected chi connectivity index (χ2v) is 4.61. The molecule has 0 atom stereocenters. The van der Waals surface area contributed by atoms with Gasteiger partial charge in [0, 0.05) is 0 Å². The van der Waals surface area contributed by atoms with Gasteiger partial charge in [0.1, 0.15) is 0 Å². The first-order chi connectivity index (χ1) is 9.43. The molecule has 0 radical (unpaired) electrons. The fraction of sp³-hybridized carbons (Fsp3) is 0.158. The fourth-order valence-electron chi connectivity index (χ4n) is 2.84. The van der Waals surface area contributed by atoms with E-state index < -0.39 is 0 Å². The van der Waals surface area contributed by atoms with Crippen molar-refractivity contribution in [1.82, 2.24) is 0 Å². The van der Waals surface area contributed by atoms with Crippen molar-refractivity contribution < 1.29 is 0 Å². The highest BCUT2D eigenvalue weighted by atomic mass is 14.1. The van der Waals surface area contributed by atoms with Crippen molar-refractivity contribution >= 4 is 33.7 Å². The summed E-state index contributed by atoms with van der Waals surface area (Å²) in [6.45, 7) is 4.00. The van der Waals surface area contributed by atoms with Crippen LogP contribution >= 0.6 is 0 Å². The number of allylic oxidation sites excluding steroid dienone is 1. The molecular weight excluding hydrogens is 228 g/mol. The van der Waals surface area contributed by atoms with Crippen molar-refractivity contribution in [3.8, 4) is 0 Å². The van der Waals surface area contributed by atoms with E-state index in [0.717, 1.165) is 6.42 Å². The van der Waals surface area contributed by atoms with E-state index in [1.807, 2.05) is 13.8 Å². The van der Waals surface area contributed by atoms with E-state index >= 15 is 0 Å². The van der Waals surface area contributed by atoms with E-state index in [2.05, 4.69) is 60.7 Å². The minimum atomic E-state index is 1.03. The Morgan fingerprint density at radius 2 is 1.53 bits per heavy atom. The van der Waals surface area contributed by atoms with Gasteiger partial charge in [0.2, 0.25) is 0 Å². The van der Waals surface area contributed by atoms with Crippen LogP contribution in [0.2, 0.25) is 0 Å². The van der Waals surface area contributed by atoms with Crippen LogP contribution in [0.25, 0.3) is 33.7 Å². The van der Waals surface area contributed by atoms with Crippen LogP contribution in [-0.4, -0.2) is 0 Å². The van der Waals surface area contributed by atoms with Crippen molar-refractivity contribution in [1.29, 1.82) is 0 Å². The zero-order valence-electron chi connectivity index (χ0n) is 11.5. The van der Waals surface area contributed by atoms with E-state index in [1.54, 1.807) is 0 Å². The van der Waals surface area contributed by atoms with E-state index in [9.17, 15) is 0 Å². The molecule has 0 N–H and O–H groups in total. The normalized spacial score (nSPS) is 12.7. The summed E-state index contributed by atoms with van der Waals surface area (Å²) in [6.07, 6.45) is 7.82. The molecule has 4 rings (SSSR count). The van der Waals surface area contributed by atoms with Crippen LogP contribution in [0.1, 0.15) is 25.8 Å². The maximum Gasteiger partial charge on any atom is -0.00269 e. The standard InChI is InChI=1S/C17H12.C2H6/c1-2-5-13-9-11-15-7-3-6-14-10-8-12(4-1)16(13)17(14)15;1-2/h1,3-11H,2H2;1-2H3. The molecule has 0 heterocycles. The third kappa shape index (κ3) is 1.84. The fourth-order valence-corrected chi connectivity index (χ4v) is 2.84. The van der Waals surface area contributed by atoms with Crippen LogP contribution in [-0.2, 0) is 0 Å². The molecule has 0 nitrogen and oxygen atoms in total. The van der Waals surface area contributed by atoms with Gasteiger partial charge >= 0.3 is 0 Å². The number of benzene rings is 3. The summed E-state index contributed by atoms with van der Waals surface area (Å²) in [5, 5.41) is 6.87. The number of hydrogen-bond acceptors (Lipinski definition) is 0. The maximum atomic E-state index is 2.31. The van der Waals surface area contributed by atoms with E-state index in [1.165, 1.54) is 32.3 Å². The first kappa shape index (κ1) is 12.0. The monoisotopic (exact) mass is 246 g/mol. The molecule has 0 aromatic heterocycles. The predicted octanol–water partition coefficient (Wildman–Crippen LogP) is 4.94. The molecule has 0 heteroatoms. The Bertz CT molecular complexity index is 791. The summed E-state index contributed by atoms with van der Waals surface area (Å²) >= 11 is 0. The molecule has 0 bridgehead atoms. The molecule has 0 aliphatic heterocycles. The molecule has 1 aliphatic carbocycles. The SMILES string of the molecule is C1=Cc2ccc3cccc4ccc(c2c34)=CC1.CC. The lowest BCUT2D eigenvalue weighted by Crippen LogP contribution is -2.02. The Morgan fingerprint density at radius 3 is 2.32 bits per heavy atom. The molecule has 19 heavy (non-hydrogen) atoms. The Hall–Kier alpha value is -2.08. The van der Waals surface area contributed by atoms with E-state index in [-0.39, 0.29) is 0 Å². The van der Waals surface area contributed by atoms with E-state index in [0.29, 0.717) is 0 Å². The van der Waals surface area contributed by atoms with Crippen molar-refractivity contribution in [2.75, 3.05) is 0 Å². The van der Waals surface area contributed by atoms with Crippen LogP contribution in [0.15, 0.2) is 48.5 Å². The molecule has 0 saturated carbocycles. The largest absolute Gasteiger partial charge is 0.0801 e. The van der Waals surface area contributed by atoms with Crippen LogP contribution in [0, 0.1) is 0 Å². The van der Waals surface area contributed by atoms with Crippen LogP contribution < -0.4 is 5.22 Å². The zero-order chi connectivity index (χ0) is 13.2. The topological polar surface area (TPSA) is 0 Å². The molecule has 0 saturated heterocycles. The Labute approximate surface area is 114 Å². The summed E-state index contributed by atoms with van der Waals surface area (Å²) in [4.78, 5) is 0. The second-order valence-electron chi connectivity index (χ2n) is 4.61. The predicted molar refractivity (Wildman–Crippen MR) is 86.1 cm³/mol. The summed E-state index contributed by atoms with van der Waals surface area (Å²) in [7, 11) is 0. The van der Waals surface area contributed by atoms with Crippen LogP contribution in [0.5, 0.6) is 0 Å². The minimum absolute atomic E-state index is 1.03. The minimum Gasteiger partial charge on any atom is -0.0801 e. The van der Waals surface area contributed by atoms with Gasteiger partial charge in [0.25, 0.3) is 0 Å². The Morgan fingerprint density at radius 1 is 0.789 bits per heavy atom. The molecule has 94 valence electrons. The van der Waals surface area contributed by atoms with Gasteiger partial charge in [-0.1, -0.05) is 74.5 Å². The molecule has 1 aliphatic rings. The zero-order valence-corrected chi connectivity index (χ0v) is 11.5. The average Bonchev–Trinajstić information content (AvgIpc) is 2.70. The highest BCUT2D eigenvalue weighted by molar-refractivity contribution is 6.13. The third-order valence-corrected chi connectivity index (χ3v) is 3.61. The van der Waals surface area contributed by atoms with Gasteiger partial charge in [-0.3, -0.25) is 0 Å². The molecule has 0 fully saturated rings. The smallest absolute Gasteiger partial charge is 0.00269 e. The lowest BCUT2D eigenvalue weighted by atomic mass is 9.95. The number of rotatable bonds is 0. The molecule has 0 amide bonds. The third-order valence-electron chi connectivity index (χ3n) is 3.61. The molecular formula is C19H18. The van der Waals surface area contributed by atoms with Gasteiger partial charge in [-0.15, -0.1) is 0 Å². The first-order valence-corrected chi connectivity index (χ1v) is 7.04. The van der Waals surface area contributed by atoms with Gasteiger partial charge in [0.15, 0.2) is 0 Å². The van der Waals surface area contributed by atoms with Crippen LogP contribution in [0.4, 0.5) is 0 Å². The van der Waals surface area contributed by atoms with Crippen molar-refractivity contribution in [3.05, 3.63) is 59.3 Å². The maximum absolute atomic E-state index is 2.31. The van der Waals surface area contributed by atoms with Gasteiger partial charge < -0.3 is 0 Å². The molecule has 3 aromatic rings. The van der Waals surface area contributed by atoms with E-state index in [4.69, 9.17) is 0 Å². The van der Waals surface area contributed by atoms with Crippen molar-refractivity contribution in [2.45, 2.75) is 20.3 Å². The lowest BCUT2D eigenvalue weighted by Gasteiger charge is -2.08. The lowest BCUT2D eigenvalue weighted by molar-refractivity contribution is 1.50. The Balaban J connectivity index is 0.000000528. The summed E-state index contributed by atoms with van der Waals surface area (Å²) < 4.78 is 0. The molecule has 3 aromatic carbocycles. The summed E-state index contributed by atoms with van der Waals surface area (Å²) in [5.41, 5.74) is 1.35. The van der Waals surface area contributed by atoms with Crippen molar-refractivity contribution in [2.24, 2.45) is 0 Å².